The first-order valence-electron chi connectivity index (χ1n) is 5.94. The number of hydrogen-bond acceptors (Lipinski definition) is 3. The Hall–Kier alpha value is -1.77. The van der Waals surface area contributed by atoms with Crippen LogP contribution < -0.4 is 4.74 Å². The van der Waals surface area contributed by atoms with E-state index in [1.165, 1.54) is 0 Å². The molecule has 0 saturated carbocycles. The predicted octanol–water partition coefficient (Wildman–Crippen LogP) is 3.30. The molecular weight excluding hydrogens is 228 g/mol. The number of esters is 1. The van der Waals surface area contributed by atoms with Gasteiger partial charge < -0.3 is 9.47 Å². The van der Waals surface area contributed by atoms with E-state index in [-0.39, 0.29) is 5.97 Å². The van der Waals surface area contributed by atoms with E-state index in [2.05, 4.69) is 6.58 Å². The molecule has 0 amide bonds. The van der Waals surface area contributed by atoms with Gasteiger partial charge in [0.2, 0.25) is 0 Å². The molecule has 98 valence electrons. The van der Waals surface area contributed by atoms with Gasteiger partial charge in [-0.1, -0.05) is 18.7 Å². The Labute approximate surface area is 108 Å². The molecule has 0 N–H and O–H groups in total. The fourth-order valence-electron chi connectivity index (χ4n) is 1.59. The number of hydrogen-bond donors (Lipinski definition) is 0. The third kappa shape index (κ3) is 2.92. The highest BCUT2D eigenvalue weighted by atomic mass is 16.5. The summed E-state index contributed by atoms with van der Waals surface area (Å²) in [6.45, 7) is 9.82. The van der Waals surface area contributed by atoms with E-state index in [1.54, 1.807) is 14.0 Å². The summed E-state index contributed by atoms with van der Waals surface area (Å²) < 4.78 is 10.2. The normalized spacial score (nSPS) is 10.9. The predicted molar refractivity (Wildman–Crippen MR) is 72.4 cm³/mol. The molecule has 0 atom stereocenters. The van der Waals surface area contributed by atoms with Gasteiger partial charge in [0.15, 0.2) is 0 Å². The summed E-state index contributed by atoms with van der Waals surface area (Å²) >= 11 is 0. The lowest BCUT2D eigenvalue weighted by Crippen LogP contribution is -2.27. The van der Waals surface area contributed by atoms with Crippen molar-refractivity contribution < 1.29 is 14.3 Å². The molecule has 0 fully saturated rings. The Bertz CT molecular complexity index is 430. The van der Waals surface area contributed by atoms with E-state index in [0.717, 1.165) is 16.9 Å². The molecule has 0 heterocycles. The third-order valence-electron chi connectivity index (χ3n) is 2.98. The topological polar surface area (TPSA) is 35.5 Å². The molecule has 0 aliphatic heterocycles. The molecule has 0 saturated heterocycles. The van der Waals surface area contributed by atoms with Crippen LogP contribution in [0.15, 0.2) is 30.8 Å². The summed E-state index contributed by atoms with van der Waals surface area (Å²) in [5.74, 6) is 0.520. The quantitative estimate of drug-likeness (QED) is 0.750. The van der Waals surface area contributed by atoms with Gasteiger partial charge in [-0.3, -0.25) is 4.79 Å². The lowest BCUT2D eigenvalue weighted by molar-refractivity contribution is -0.150. The van der Waals surface area contributed by atoms with Crippen molar-refractivity contribution in [3.8, 4) is 5.75 Å². The van der Waals surface area contributed by atoms with Crippen molar-refractivity contribution in [3.63, 3.8) is 0 Å². The Balaban J connectivity index is 2.94. The molecule has 1 aromatic carbocycles. The zero-order chi connectivity index (χ0) is 13.8. The van der Waals surface area contributed by atoms with Crippen molar-refractivity contribution in [1.29, 1.82) is 0 Å². The van der Waals surface area contributed by atoms with E-state index < -0.39 is 5.41 Å². The molecule has 3 heteroatoms. The summed E-state index contributed by atoms with van der Waals surface area (Å²) in [5.41, 5.74) is 0.919. The van der Waals surface area contributed by atoms with Crippen LogP contribution in [0.4, 0.5) is 0 Å². The number of rotatable bonds is 5. The second-order valence-corrected chi connectivity index (χ2v) is 4.55. The molecule has 1 rings (SSSR count). The molecule has 0 aliphatic rings. The molecule has 0 aliphatic carbocycles. The molecule has 0 unspecified atom stereocenters. The smallest absolute Gasteiger partial charge is 0.315 e. The molecular formula is C15H20O3. The van der Waals surface area contributed by atoms with E-state index in [9.17, 15) is 4.79 Å². The van der Waals surface area contributed by atoms with Crippen molar-refractivity contribution in [1.82, 2.24) is 0 Å². The molecule has 0 aromatic heterocycles. The maximum atomic E-state index is 11.9. The first-order chi connectivity index (χ1) is 8.43. The lowest BCUT2D eigenvalue weighted by Gasteiger charge is -2.25. The summed E-state index contributed by atoms with van der Waals surface area (Å²) in [6, 6.07) is 7.48. The molecule has 3 nitrogen and oxygen atoms in total. The van der Waals surface area contributed by atoms with Crippen molar-refractivity contribution in [2.24, 2.45) is 5.41 Å². The number of methoxy groups -OCH3 is 1. The molecule has 0 bridgehead atoms. The molecule has 18 heavy (non-hydrogen) atoms. The first kappa shape index (κ1) is 14.3. The van der Waals surface area contributed by atoms with Crippen LogP contribution in [0.25, 0.3) is 5.57 Å². The average molecular weight is 248 g/mol. The Morgan fingerprint density at radius 1 is 1.28 bits per heavy atom. The Morgan fingerprint density at radius 2 is 1.83 bits per heavy atom. The second-order valence-electron chi connectivity index (χ2n) is 4.55. The van der Waals surface area contributed by atoms with Gasteiger partial charge in [0.25, 0.3) is 0 Å². The monoisotopic (exact) mass is 248 g/mol. The summed E-state index contributed by atoms with van der Waals surface area (Å²) in [7, 11) is 1.62. The van der Waals surface area contributed by atoms with E-state index in [0.29, 0.717) is 6.61 Å². The van der Waals surface area contributed by atoms with E-state index >= 15 is 0 Å². The highest BCUT2D eigenvalue weighted by Gasteiger charge is 2.33. The largest absolute Gasteiger partial charge is 0.497 e. The average Bonchev–Trinajstić information content (AvgIpc) is 2.38. The Morgan fingerprint density at radius 3 is 2.28 bits per heavy atom. The van der Waals surface area contributed by atoms with Crippen molar-refractivity contribution in [3.05, 3.63) is 36.4 Å². The van der Waals surface area contributed by atoms with Gasteiger partial charge in [0, 0.05) is 0 Å². The molecule has 1 aromatic rings. The minimum Gasteiger partial charge on any atom is -0.497 e. The first-order valence-corrected chi connectivity index (χ1v) is 5.94. The van der Waals surface area contributed by atoms with Crippen LogP contribution in [0, 0.1) is 5.41 Å². The van der Waals surface area contributed by atoms with Gasteiger partial charge in [0.05, 0.1) is 19.1 Å². The summed E-state index contributed by atoms with van der Waals surface area (Å²) in [4.78, 5) is 11.9. The van der Waals surface area contributed by atoms with E-state index in [4.69, 9.17) is 9.47 Å². The number of ether oxygens (including phenoxy) is 2. The SMILES string of the molecule is C=C(c1ccc(OC)cc1)C(C)(C)C(=O)OCC. The van der Waals surface area contributed by atoms with Gasteiger partial charge in [0.1, 0.15) is 5.75 Å². The summed E-state index contributed by atoms with van der Waals surface area (Å²) in [5, 5.41) is 0. The third-order valence-corrected chi connectivity index (χ3v) is 2.98. The minimum absolute atomic E-state index is 0.259. The van der Waals surface area contributed by atoms with Crippen LogP contribution in [0.2, 0.25) is 0 Å². The molecule has 0 spiro atoms. The number of benzene rings is 1. The van der Waals surface area contributed by atoms with Gasteiger partial charge in [-0.2, -0.15) is 0 Å². The zero-order valence-corrected chi connectivity index (χ0v) is 11.4. The van der Waals surface area contributed by atoms with E-state index in [1.807, 2.05) is 38.1 Å². The van der Waals surface area contributed by atoms with Crippen LogP contribution >= 0.6 is 0 Å². The van der Waals surface area contributed by atoms with Crippen molar-refractivity contribution in [2.75, 3.05) is 13.7 Å². The molecule has 0 radical (unpaired) electrons. The van der Waals surface area contributed by atoms with Gasteiger partial charge in [-0.15, -0.1) is 0 Å². The van der Waals surface area contributed by atoms with Crippen LogP contribution in [0.1, 0.15) is 26.3 Å². The van der Waals surface area contributed by atoms with Crippen molar-refractivity contribution in [2.45, 2.75) is 20.8 Å². The summed E-state index contributed by atoms with van der Waals surface area (Å²) in [6.07, 6.45) is 0. The van der Waals surface area contributed by atoms with Crippen molar-refractivity contribution >= 4 is 11.5 Å². The van der Waals surface area contributed by atoms with Gasteiger partial charge in [-0.25, -0.2) is 0 Å². The highest BCUT2D eigenvalue weighted by Crippen LogP contribution is 2.34. The Kier molecular flexibility index (Phi) is 4.54. The number of carbonyl (C=O) groups is 1. The maximum absolute atomic E-state index is 11.9. The van der Waals surface area contributed by atoms with Gasteiger partial charge in [-0.05, 0) is 44.0 Å². The zero-order valence-electron chi connectivity index (χ0n) is 11.4. The standard InChI is InChI=1S/C15H20O3/c1-6-18-14(16)15(3,4)11(2)12-7-9-13(17-5)10-8-12/h7-10H,2,6H2,1,3-5H3. The fraction of sp³-hybridized carbons (Fsp3) is 0.400. The number of carbonyl (C=O) groups excluding carboxylic acids is 1. The van der Waals surface area contributed by atoms with Crippen LogP contribution in [0.3, 0.4) is 0 Å². The van der Waals surface area contributed by atoms with Crippen LogP contribution in [-0.2, 0) is 9.53 Å². The fourth-order valence-corrected chi connectivity index (χ4v) is 1.59. The second kappa shape index (κ2) is 5.71. The maximum Gasteiger partial charge on any atom is 0.315 e. The highest BCUT2D eigenvalue weighted by molar-refractivity contribution is 5.91. The van der Waals surface area contributed by atoms with Crippen LogP contribution in [0.5, 0.6) is 5.75 Å². The van der Waals surface area contributed by atoms with Crippen LogP contribution in [-0.4, -0.2) is 19.7 Å². The minimum atomic E-state index is -0.732. The lowest BCUT2D eigenvalue weighted by atomic mass is 9.81. The van der Waals surface area contributed by atoms with Gasteiger partial charge >= 0.3 is 5.97 Å².